The zero-order valence-corrected chi connectivity index (χ0v) is 10.1. The monoisotopic (exact) mass is 305 g/mol. The van der Waals surface area contributed by atoms with Gasteiger partial charge in [-0.25, -0.2) is 4.98 Å². The lowest BCUT2D eigenvalue weighted by atomic mass is 10.3. The lowest BCUT2D eigenvalue weighted by Crippen LogP contribution is -2.25. The van der Waals surface area contributed by atoms with Gasteiger partial charge in [0.1, 0.15) is 0 Å². The number of nitrogens with zero attached hydrogens (tertiary/aromatic N) is 2. The van der Waals surface area contributed by atoms with E-state index in [1.54, 1.807) is 10.8 Å². The molecule has 0 saturated carbocycles. The first-order valence-corrected chi connectivity index (χ1v) is 5.24. The zero-order valence-electron chi connectivity index (χ0n) is 7.96. The van der Waals surface area contributed by atoms with Crippen LogP contribution < -0.4 is 10.9 Å². The fraction of sp³-hybridized carbons (Fsp3) is 0.333. The molecule has 0 aliphatic rings. The van der Waals surface area contributed by atoms with Gasteiger partial charge in [-0.2, -0.15) is 0 Å². The van der Waals surface area contributed by atoms with Gasteiger partial charge in [-0.3, -0.25) is 9.36 Å². The van der Waals surface area contributed by atoms with Crippen molar-refractivity contribution in [2.45, 2.75) is 6.54 Å². The fourth-order valence-electron chi connectivity index (χ4n) is 1.08. The first-order valence-electron chi connectivity index (χ1n) is 4.16. The second kappa shape index (κ2) is 5.26. The second-order valence-corrected chi connectivity index (χ2v) is 4.12. The van der Waals surface area contributed by atoms with Crippen molar-refractivity contribution in [1.29, 1.82) is 0 Å². The molecule has 0 bridgehead atoms. The molecule has 0 aliphatic heterocycles. The van der Waals surface area contributed by atoms with Crippen LogP contribution in [0, 0.1) is 3.57 Å². The van der Waals surface area contributed by atoms with E-state index in [1.165, 1.54) is 6.33 Å². The SMILES string of the molecule is C=C(CNC)Cn1cncc(I)c1=O. The van der Waals surface area contributed by atoms with E-state index in [1.807, 2.05) is 29.6 Å². The van der Waals surface area contributed by atoms with Crippen molar-refractivity contribution in [3.8, 4) is 0 Å². The van der Waals surface area contributed by atoms with Crippen LogP contribution in [0.5, 0.6) is 0 Å². The summed E-state index contributed by atoms with van der Waals surface area (Å²) in [4.78, 5) is 15.5. The standard InChI is InChI=1S/C9H12IN3O/c1-7(3-11-2)5-13-6-12-4-8(10)9(13)14/h4,6,11H,1,3,5H2,2H3. The van der Waals surface area contributed by atoms with E-state index >= 15 is 0 Å². The van der Waals surface area contributed by atoms with Crippen molar-refractivity contribution < 1.29 is 0 Å². The Balaban J connectivity index is 2.82. The van der Waals surface area contributed by atoms with E-state index in [4.69, 9.17) is 0 Å². The molecule has 1 aromatic heterocycles. The van der Waals surface area contributed by atoms with Gasteiger partial charge < -0.3 is 5.32 Å². The van der Waals surface area contributed by atoms with E-state index in [0.717, 1.165) is 5.57 Å². The predicted molar refractivity (Wildman–Crippen MR) is 64.3 cm³/mol. The minimum absolute atomic E-state index is 0.0159. The van der Waals surface area contributed by atoms with Crippen LogP contribution in [0.3, 0.4) is 0 Å². The van der Waals surface area contributed by atoms with Crippen molar-refractivity contribution in [2.24, 2.45) is 0 Å². The molecule has 0 saturated heterocycles. The highest BCUT2D eigenvalue weighted by Gasteiger charge is 2.01. The quantitative estimate of drug-likeness (QED) is 0.655. The van der Waals surface area contributed by atoms with Gasteiger partial charge in [0.2, 0.25) is 0 Å². The third-order valence-electron chi connectivity index (χ3n) is 1.68. The normalized spacial score (nSPS) is 10.1. The molecule has 76 valence electrons. The number of halogens is 1. The molecule has 0 unspecified atom stereocenters. The largest absolute Gasteiger partial charge is 0.316 e. The topological polar surface area (TPSA) is 46.9 Å². The summed E-state index contributed by atoms with van der Waals surface area (Å²) in [7, 11) is 1.85. The molecule has 0 fully saturated rings. The second-order valence-electron chi connectivity index (χ2n) is 2.95. The first kappa shape index (κ1) is 11.4. The van der Waals surface area contributed by atoms with E-state index < -0.39 is 0 Å². The van der Waals surface area contributed by atoms with Crippen molar-refractivity contribution >= 4 is 22.6 Å². The van der Waals surface area contributed by atoms with Gasteiger partial charge >= 0.3 is 0 Å². The fourth-order valence-corrected chi connectivity index (χ4v) is 1.55. The highest BCUT2D eigenvalue weighted by molar-refractivity contribution is 14.1. The maximum Gasteiger partial charge on any atom is 0.267 e. The minimum Gasteiger partial charge on any atom is -0.316 e. The zero-order chi connectivity index (χ0) is 10.6. The Hall–Kier alpha value is -0.690. The van der Waals surface area contributed by atoms with Crippen molar-refractivity contribution in [2.75, 3.05) is 13.6 Å². The number of nitrogens with one attached hydrogen (secondary N) is 1. The third-order valence-corrected chi connectivity index (χ3v) is 2.42. The molecule has 0 atom stereocenters. The number of aromatic nitrogens is 2. The van der Waals surface area contributed by atoms with Crippen LogP contribution in [-0.2, 0) is 6.54 Å². The Morgan fingerprint density at radius 2 is 2.50 bits per heavy atom. The molecule has 1 heterocycles. The van der Waals surface area contributed by atoms with Gasteiger partial charge in [-0.05, 0) is 35.2 Å². The van der Waals surface area contributed by atoms with Crippen molar-refractivity contribution in [3.63, 3.8) is 0 Å². The molecule has 1 rings (SSSR count). The van der Waals surface area contributed by atoms with E-state index in [-0.39, 0.29) is 5.56 Å². The molecule has 0 aliphatic carbocycles. The summed E-state index contributed by atoms with van der Waals surface area (Å²) < 4.78 is 2.18. The average Bonchev–Trinajstić information content (AvgIpc) is 2.13. The van der Waals surface area contributed by atoms with Gasteiger partial charge in [0.05, 0.1) is 9.90 Å². The molecule has 0 aromatic carbocycles. The lowest BCUT2D eigenvalue weighted by molar-refractivity contribution is 0.691. The molecular formula is C9H12IN3O. The molecule has 1 N–H and O–H groups in total. The highest BCUT2D eigenvalue weighted by atomic mass is 127. The molecule has 0 spiro atoms. The summed E-state index contributed by atoms with van der Waals surface area (Å²) in [5, 5.41) is 2.98. The van der Waals surface area contributed by atoms with Gasteiger partial charge in [-0.15, -0.1) is 0 Å². The number of likely N-dealkylation sites (N-methyl/N-ethyl adjacent to an activating group) is 1. The van der Waals surface area contributed by atoms with Crippen LogP contribution in [0.1, 0.15) is 0 Å². The Morgan fingerprint density at radius 1 is 1.79 bits per heavy atom. The summed E-state index contributed by atoms with van der Waals surface area (Å²) in [5.74, 6) is 0. The lowest BCUT2D eigenvalue weighted by Gasteiger charge is -2.07. The van der Waals surface area contributed by atoms with Crippen LogP contribution in [0.4, 0.5) is 0 Å². The predicted octanol–water partition coefficient (Wildman–Crippen LogP) is 0.623. The maximum atomic E-state index is 11.6. The maximum absolute atomic E-state index is 11.6. The van der Waals surface area contributed by atoms with Crippen LogP contribution in [0.2, 0.25) is 0 Å². The molecular weight excluding hydrogens is 293 g/mol. The molecule has 0 radical (unpaired) electrons. The van der Waals surface area contributed by atoms with Crippen molar-refractivity contribution in [1.82, 2.24) is 14.9 Å². The number of rotatable bonds is 4. The number of hydrogen-bond donors (Lipinski definition) is 1. The summed E-state index contributed by atoms with van der Waals surface area (Å²) in [6.07, 6.45) is 3.09. The van der Waals surface area contributed by atoms with Gasteiger partial charge in [0, 0.05) is 19.3 Å². The smallest absolute Gasteiger partial charge is 0.267 e. The van der Waals surface area contributed by atoms with Gasteiger partial charge in [0.25, 0.3) is 5.56 Å². The summed E-state index contributed by atoms with van der Waals surface area (Å²) in [6, 6.07) is 0. The van der Waals surface area contributed by atoms with Crippen LogP contribution >= 0.6 is 22.6 Å². The summed E-state index contributed by atoms with van der Waals surface area (Å²) in [5.41, 5.74) is 0.941. The summed E-state index contributed by atoms with van der Waals surface area (Å²) >= 11 is 1.98. The summed E-state index contributed by atoms with van der Waals surface area (Å²) in [6.45, 7) is 5.08. The van der Waals surface area contributed by atoms with Crippen molar-refractivity contribution in [3.05, 3.63) is 38.6 Å². The number of hydrogen-bond acceptors (Lipinski definition) is 3. The Labute approximate surface area is 96.2 Å². The Kier molecular flexibility index (Phi) is 4.27. The molecule has 4 nitrogen and oxygen atoms in total. The van der Waals surface area contributed by atoms with Gasteiger partial charge in [-0.1, -0.05) is 6.58 Å². The van der Waals surface area contributed by atoms with E-state index in [0.29, 0.717) is 16.7 Å². The van der Waals surface area contributed by atoms with E-state index in [2.05, 4.69) is 16.9 Å². The molecule has 1 aromatic rings. The molecule has 14 heavy (non-hydrogen) atoms. The highest BCUT2D eigenvalue weighted by Crippen LogP contribution is 1.96. The third kappa shape index (κ3) is 2.91. The van der Waals surface area contributed by atoms with Gasteiger partial charge in [0.15, 0.2) is 0 Å². The van der Waals surface area contributed by atoms with Crippen LogP contribution in [0.25, 0.3) is 0 Å². The van der Waals surface area contributed by atoms with Crippen LogP contribution in [0.15, 0.2) is 29.5 Å². The molecule has 5 heteroatoms. The first-order chi connectivity index (χ1) is 6.65. The minimum atomic E-state index is -0.0159. The molecule has 0 amide bonds. The Bertz CT molecular complexity index is 386. The van der Waals surface area contributed by atoms with E-state index in [9.17, 15) is 4.79 Å². The van der Waals surface area contributed by atoms with Crippen LogP contribution in [-0.4, -0.2) is 23.1 Å². The average molecular weight is 305 g/mol. The Morgan fingerprint density at radius 3 is 3.14 bits per heavy atom.